The van der Waals surface area contributed by atoms with Gasteiger partial charge in [-0.3, -0.25) is 9.78 Å². The summed E-state index contributed by atoms with van der Waals surface area (Å²) in [5.74, 6) is -1.99. The third-order valence-electron chi connectivity index (χ3n) is 3.97. The molecule has 1 aromatic rings. The Balaban J connectivity index is 1.91. The van der Waals surface area contributed by atoms with Crippen LogP contribution in [0.4, 0.5) is 0 Å². The molecule has 0 unspecified atom stereocenters. The molecule has 2 aliphatic heterocycles. The predicted octanol–water partition coefficient (Wildman–Crippen LogP) is 1.47. The lowest BCUT2D eigenvalue weighted by atomic mass is 9.76. The number of nitrogens with zero attached hydrogens (tertiary/aromatic N) is 2. The van der Waals surface area contributed by atoms with Gasteiger partial charge in [0.15, 0.2) is 0 Å². The summed E-state index contributed by atoms with van der Waals surface area (Å²) in [5, 5.41) is 19.6. The Morgan fingerprint density at radius 2 is 2.05 bits per heavy atom. The van der Waals surface area contributed by atoms with Crippen LogP contribution in [0.25, 0.3) is 0 Å². The molecule has 2 atom stereocenters. The van der Waals surface area contributed by atoms with Crippen LogP contribution in [0.3, 0.4) is 0 Å². The van der Waals surface area contributed by atoms with Gasteiger partial charge in [-0.15, -0.1) is 0 Å². The summed E-state index contributed by atoms with van der Waals surface area (Å²) in [5.41, 5.74) is -1.11. The van der Waals surface area contributed by atoms with Gasteiger partial charge in [0.2, 0.25) is 5.91 Å². The van der Waals surface area contributed by atoms with E-state index in [1.165, 1.54) is 16.7 Å². The minimum Gasteiger partial charge on any atom is -0.477 e. The molecule has 2 aliphatic rings. The van der Waals surface area contributed by atoms with Crippen molar-refractivity contribution >= 4 is 23.6 Å². The summed E-state index contributed by atoms with van der Waals surface area (Å²) in [4.78, 5) is 30.6. The second kappa shape index (κ2) is 5.10. The van der Waals surface area contributed by atoms with Gasteiger partial charge >= 0.3 is 5.97 Å². The van der Waals surface area contributed by atoms with Crippen LogP contribution in [-0.2, 0) is 9.59 Å². The highest BCUT2D eigenvalue weighted by Crippen LogP contribution is 2.50. The van der Waals surface area contributed by atoms with E-state index >= 15 is 0 Å². The average molecular weight is 320 g/mol. The predicted molar refractivity (Wildman–Crippen MR) is 79.8 cm³/mol. The smallest absolute Gasteiger partial charge is 0.353 e. The molecule has 6 nitrogen and oxygen atoms in total. The number of carbonyl (C=O) groups excluding carboxylic acids is 1. The standard InChI is InChI=1S/C15H16N2O4S/c1-15(2,21)11-9-7-10(22-8-3-5-16-6-4-8)12(14(19)20)17(9)13(11)18/h3-6,9,11,21H,7H2,1-2H3,(H,19,20)/t9-,11-/m1/s1. The molecule has 0 bridgehead atoms. The molecule has 1 amide bonds. The summed E-state index contributed by atoms with van der Waals surface area (Å²) in [6.45, 7) is 3.17. The number of carbonyl (C=O) groups is 2. The van der Waals surface area contributed by atoms with Crippen LogP contribution in [0.5, 0.6) is 0 Å². The number of β-lactam (4-membered cyclic amide) rings is 1. The van der Waals surface area contributed by atoms with Crippen LogP contribution in [-0.4, -0.2) is 43.6 Å². The van der Waals surface area contributed by atoms with Gasteiger partial charge in [-0.05, 0) is 26.0 Å². The third-order valence-corrected chi connectivity index (χ3v) is 5.09. The lowest BCUT2D eigenvalue weighted by molar-refractivity contribution is -0.169. The number of hydrogen-bond acceptors (Lipinski definition) is 5. The fourth-order valence-electron chi connectivity index (χ4n) is 3.08. The van der Waals surface area contributed by atoms with E-state index in [4.69, 9.17) is 0 Å². The molecule has 22 heavy (non-hydrogen) atoms. The van der Waals surface area contributed by atoms with Crippen LogP contribution in [0, 0.1) is 5.92 Å². The number of rotatable bonds is 4. The number of pyridine rings is 1. The molecule has 3 rings (SSSR count). The second-order valence-electron chi connectivity index (χ2n) is 5.97. The van der Waals surface area contributed by atoms with E-state index in [0.717, 1.165) is 4.90 Å². The first-order valence-electron chi connectivity index (χ1n) is 6.90. The lowest BCUT2D eigenvalue weighted by Crippen LogP contribution is -2.65. The van der Waals surface area contributed by atoms with E-state index in [1.54, 1.807) is 38.4 Å². The number of amides is 1. The minimum atomic E-state index is -1.15. The monoisotopic (exact) mass is 320 g/mol. The van der Waals surface area contributed by atoms with Crippen LogP contribution in [0.2, 0.25) is 0 Å². The van der Waals surface area contributed by atoms with E-state index in [9.17, 15) is 19.8 Å². The molecule has 2 N–H and O–H groups in total. The van der Waals surface area contributed by atoms with Crippen molar-refractivity contribution in [2.24, 2.45) is 5.92 Å². The summed E-state index contributed by atoms with van der Waals surface area (Å²) >= 11 is 1.33. The molecule has 0 spiro atoms. The Morgan fingerprint density at radius 3 is 2.59 bits per heavy atom. The van der Waals surface area contributed by atoms with E-state index in [1.807, 2.05) is 0 Å². The second-order valence-corrected chi connectivity index (χ2v) is 7.14. The maximum atomic E-state index is 12.3. The molecule has 0 saturated carbocycles. The summed E-state index contributed by atoms with van der Waals surface area (Å²) in [7, 11) is 0. The molecular formula is C15H16N2O4S. The maximum Gasteiger partial charge on any atom is 0.353 e. The number of fused-ring (bicyclic) bond motifs is 1. The van der Waals surface area contributed by atoms with Gasteiger partial charge in [0.1, 0.15) is 5.70 Å². The molecule has 116 valence electrons. The van der Waals surface area contributed by atoms with Gasteiger partial charge in [0.05, 0.1) is 17.6 Å². The minimum absolute atomic E-state index is 0.0392. The van der Waals surface area contributed by atoms with Crippen LogP contribution >= 0.6 is 11.8 Å². The van der Waals surface area contributed by atoms with E-state index in [2.05, 4.69) is 4.98 Å². The Hall–Kier alpha value is -1.86. The number of aliphatic carboxylic acids is 1. The zero-order valence-corrected chi connectivity index (χ0v) is 13.0. The first kappa shape index (κ1) is 15.1. The molecule has 1 aromatic heterocycles. The summed E-state index contributed by atoms with van der Waals surface area (Å²) in [6, 6.07) is 3.31. The topological polar surface area (TPSA) is 90.7 Å². The fourth-order valence-corrected chi connectivity index (χ4v) is 4.16. The number of carboxylic acid groups (broad SMARTS) is 1. The number of aromatic nitrogens is 1. The van der Waals surface area contributed by atoms with Crippen molar-refractivity contribution in [1.29, 1.82) is 0 Å². The van der Waals surface area contributed by atoms with Crippen molar-refractivity contribution in [3.63, 3.8) is 0 Å². The van der Waals surface area contributed by atoms with E-state index in [-0.39, 0.29) is 17.6 Å². The third kappa shape index (κ3) is 2.30. The number of hydrogen-bond donors (Lipinski definition) is 2. The maximum absolute atomic E-state index is 12.3. The first-order chi connectivity index (χ1) is 10.3. The van der Waals surface area contributed by atoms with E-state index in [0.29, 0.717) is 11.3 Å². The highest BCUT2D eigenvalue weighted by atomic mass is 32.2. The highest BCUT2D eigenvalue weighted by molar-refractivity contribution is 8.03. The molecule has 0 aliphatic carbocycles. The Morgan fingerprint density at radius 1 is 1.41 bits per heavy atom. The van der Waals surface area contributed by atoms with E-state index < -0.39 is 17.5 Å². The summed E-state index contributed by atoms with van der Waals surface area (Å²) < 4.78 is 0. The first-order valence-corrected chi connectivity index (χ1v) is 7.72. The molecule has 3 heterocycles. The van der Waals surface area contributed by atoms with Crippen molar-refractivity contribution in [1.82, 2.24) is 9.88 Å². The van der Waals surface area contributed by atoms with Gasteiger partial charge < -0.3 is 15.1 Å². The van der Waals surface area contributed by atoms with Crippen molar-refractivity contribution in [2.45, 2.75) is 36.8 Å². The average Bonchev–Trinajstić information content (AvgIpc) is 2.72. The molecule has 7 heteroatoms. The Labute approximate surface area is 131 Å². The van der Waals surface area contributed by atoms with Crippen molar-refractivity contribution in [3.8, 4) is 0 Å². The van der Waals surface area contributed by atoms with Crippen LogP contribution in [0.1, 0.15) is 20.3 Å². The van der Waals surface area contributed by atoms with Crippen molar-refractivity contribution in [2.75, 3.05) is 0 Å². The number of carboxylic acids is 1. The molecule has 0 radical (unpaired) electrons. The van der Waals surface area contributed by atoms with Gasteiger partial charge in [-0.2, -0.15) is 0 Å². The quantitative estimate of drug-likeness (QED) is 0.817. The Kier molecular flexibility index (Phi) is 3.49. The van der Waals surface area contributed by atoms with Gasteiger partial charge in [0.25, 0.3) is 0 Å². The number of aliphatic hydroxyl groups is 1. The normalized spacial score (nSPS) is 24.3. The Bertz CT molecular complexity index is 666. The largest absolute Gasteiger partial charge is 0.477 e. The lowest BCUT2D eigenvalue weighted by Gasteiger charge is -2.48. The van der Waals surface area contributed by atoms with Crippen LogP contribution in [0.15, 0.2) is 40.0 Å². The molecule has 0 aromatic carbocycles. The fraction of sp³-hybridized carbons (Fsp3) is 0.400. The van der Waals surface area contributed by atoms with Crippen molar-refractivity contribution in [3.05, 3.63) is 35.1 Å². The van der Waals surface area contributed by atoms with Gasteiger partial charge in [-0.1, -0.05) is 11.8 Å². The highest BCUT2D eigenvalue weighted by Gasteiger charge is 2.59. The van der Waals surface area contributed by atoms with Gasteiger partial charge in [-0.25, -0.2) is 4.79 Å². The SMILES string of the molecule is CC(C)(O)[C@H]1C(=O)N2C(C(=O)O)=C(Sc3ccncc3)C[C@H]12. The summed E-state index contributed by atoms with van der Waals surface area (Å²) in [6.07, 6.45) is 3.73. The zero-order chi connectivity index (χ0) is 16.1. The van der Waals surface area contributed by atoms with Gasteiger partial charge in [0, 0.05) is 28.6 Å². The molecular weight excluding hydrogens is 304 g/mol. The van der Waals surface area contributed by atoms with Crippen LogP contribution < -0.4 is 0 Å². The van der Waals surface area contributed by atoms with Crippen molar-refractivity contribution < 1.29 is 19.8 Å². The molecule has 1 fully saturated rings. The zero-order valence-electron chi connectivity index (χ0n) is 12.2. The number of thioether (sulfide) groups is 1. The molecule has 1 saturated heterocycles.